The molecule has 1 saturated heterocycles. The Morgan fingerprint density at radius 1 is 1.09 bits per heavy atom. The molecule has 3 aromatic rings. The number of benzene rings is 2. The predicted octanol–water partition coefficient (Wildman–Crippen LogP) is 2.34. The Bertz CT molecular complexity index is 1290. The van der Waals surface area contributed by atoms with E-state index >= 15 is 0 Å². The molecule has 0 atom stereocenters. The zero-order valence-electron chi connectivity index (χ0n) is 19.6. The van der Waals surface area contributed by atoms with E-state index in [2.05, 4.69) is 20.4 Å². The summed E-state index contributed by atoms with van der Waals surface area (Å²) < 4.78 is 29.4. The average Bonchev–Trinajstić information content (AvgIpc) is 3.26. The van der Waals surface area contributed by atoms with Crippen LogP contribution in [0.25, 0.3) is 11.4 Å². The minimum atomic E-state index is -3.54. The Kier molecular flexibility index (Phi) is 7.75. The topological polar surface area (TPSA) is 121 Å². The van der Waals surface area contributed by atoms with Gasteiger partial charge < -0.3 is 19.9 Å². The fourth-order valence-corrected chi connectivity index (χ4v) is 5.98. The van der Waals surface area contributed by atoms with Gasteiger partial charge in [-0.1, -0.05) is 17.8 Å². The fraction of sp³-hybridized carbons (Fsp3) is 0.348. The van der Waals surface area contributed by atoms with Crippen molar-refractivity contribution in [3.63, 3.8) is 0 Å². The third-order valence-corrected chi connectivity index (χ3v) is 8.59. The quantitative estimate of drug-likeness (QED) is 0.438. The molecule has 12 heteroatoms. The maximum absolute atomic E-state index is 13.0. The van der Waals surface area contributed by atoms with Gasteiger partial charge in [-0.15, -0.1) is 10.2 Å². The van der Waals surface area contributed by atoms with E-state index in [1.807, 2.05) is 18.5 Å². The van der Waals surface area contributed by atoms with Gasteiger partial charge in [-0.25, -0.2) is 8.42 Å². The number of amides is 1. The number of piperazine rings is 1. The van der Waals surface area contributed by atoms with E-state index in [4.69, 9.17) is 0 Å². The number of likely N-dealkylation sites (N-methyl/N-ethyl adjacent to an activating group) is 1. The Hall–Kier alpha value is -2.93. The molecule has 10 nitrogen and oxygen atoms in total. The van der Waals surface area contributed by atoms with Crippen LogP contribution in [0.4, 0.5) is 5.69 Å². The molecule has 1 amide bonds. The molecular weight excluding hydrogens is 488 g/mol. The number of phenols is 1. The van der Waals surface area contributed by atoms with Crippen LogP contribution < -0.4 is 5.32 Å². The number of nitrogens with zero attached hydrogens (tertiary/aromatic N) is 5. The van der Waals surface area contributed by atoms with E-state index in [1.165, 1.54) is 28.2 Å². The van der Waals surface area contributed by atoms with E-state index in [-0.39, 0.29) is 22.3 Å². The smallest absolute Gasteiger partial charge is 0.243 e. The first-order valence-electron chi connectivity index (χ1n) is 11.2. The van der Waals surface area contributed by atoms with Crippen molar-refractivity contribution in [2.24, 2.45) is 0 Å². The molecule has 2 aromatic carbocycles. The van der Waals surface area contributed by atoms with Gasteiger partial charge in [0.2, 0.25) is 15.9 Å². The lowest BCUT2D eigenvalue weighted by Crippen LogP contribution is -2.46. The number of anilines is 1. The van der Waals surface area contributed by atoms with Gasteiger partial charge in [0.1, 0.15) is 5.75 Å². The van der Waals surface area contributed by atoms with E-state index in [1.54, 1.807) is 36.4 Å². The lowest BCUT2D eigenvalue weighted by atomic mass is 10.2. The number of sulfonamides is 1. The number of hydrogen-bond acceptors (Lipinski definition) is 8. The number of thioether (sulfide) groups is 1. The van der Waals surface area contributed by atoms with Gasteiger partial charge in [0.15, 0.2) is 11.0 Å². The summed E-state index contributed by atoms with van der Waals surface area (Å²) in [4.78, 5) is 14.7. The fourth-order valence-electron chi connectivity index (χ4n) is 3.76. The Morgan fingerprint density at radius 2 is 1.80 bits per heavy atom. The molecule has 4 rings (SSSR count). The van der Waals surface area contributed by atoms with Crippen molar-refractivity contribution in [2.45, 2.75) is 23.5 Å². The minimum Gasteiger partial charge on any atom is -0.508 e. The number of nitrogens with one attached hydrogen (secondary N) is 1. The molecule has 1 aliphatic heterocycles. The van der Waals surface area contributed by atoms with E-state index < -0.39 is 10.0 Å². The van der Waals surface area contributed by atoms with Gasteiger partial charge in [-0.2, -0.15) is 4.31 Å². The highest BCUT2D eigenvalue weighted by Crippen LogP contribution is 2.26. The molecule has 0 spiro atoms. The second kappa shape index (κ2) is 10.8. The van der Waals surface area contributed by atoms with Gasteiger partial charge in [0.25, 0.3) is 0 Å². The standard InChI is InChI=1S/C23H28N6O4S2/c1-3-29-22(25-26-23(29)34-16-21(31)24-18-5-4-6-19(30)15-18)17-7-9-20(10-8-17)35(32,33)28-13-11-27(2)12-14-28/h4-10,15,30H,3,11-14,16H2,1-2H3,(H,24,31). The van der Waals surface area contributed by atoms with Crippen molar-refractivity contribution < 1.29 is 18.3 Å². The highest BCUT2D eigenvalue weighted by molar-refractivity contribution is 7.99. The maximum Gasteiger partial charge on any atom is 0.243 e. The van der Waals surface area contributed by atoms with Crippen molar-refractivity contribution in [1.29, 1.82) is 0 Å². The molecule has 0 unspecified atom stereocenters. The Balaban J connectivity index is 1.44. The third kappa shape index (κ3) is 5.84. The summed E-state index contributed by atoms with van der Waals surface area (Å²) in [7, 11) is -1.56. The Labute approximate surface area is 209 Å². The van der Waals surface area contributed by atoms with Gasteiger partial charge in [0.05, 0.1) is 10.6 Å². The minimum absolute atomic E-state index is 0.0770. The van der Waals surface area contributed by atoms with E-state index in [0.717, 1.165) is 5.56 Å². The van der Waals surface area contributed by atoms with Crippen LogP contribution in [0.5, 0.6) is 5.75 Å². The molecule has 186 valence electrons. The third-order valence-electron chi connectivity index (χ3n) is 5.71. The zero-order valence-corrected chi connectivity index (χ0v) is 21.2. The van der Waals surface area contributed by atoms with Gasteiger partial charge in [0, 0.05) is 50.0 Å². The van der Waals surface area contributed by atoms with Crippen LogP contribution in [0.3, 0.4) is 0 Å². The average molecular weight is 517 g/mol. The second-order valence-electron chi connectivity index (χ2n) is 8.17. The van der Waals surface area contributed by atoms with Gasteiger partial charge in [-0.3, -0.25) is 4.79 Å². The van der Waals surface area contributed by atoms with Crippen LogP contribution in [-0.4, -0.2) is 82.4 Å². The number of aromatic nitrogens is 3. The Morgan fingerprint density at radius 3 is 2.46 bits per heavy atom. The highest BCUT2D eigenvalue weighted by atomic mass is 32.2. The number of aromatic hydroxyl groups is 1. The number of carbonyl (C=O) groups is 1. The van der Waals surface area contributed by atoms with Crippen LogP contribution in [0, 0.1) is 0 Å². The predicted molar refractivity (Wildman–Crippen MR) is 135 cm³/mol. The first-order valence-corrected chi connectivity index (χ1v) is 13.6. The number of phenolic OH excluding ortho intramolecular Hbond substituents is 1. The molecule has 2 N–H and O–H groups in total. The first kappa shape index (κ1) is 25.2. The molecule has 0 aliphatic carbocycles. The highest BCUT2D eigenvalue weighted by Gasteiger charge is 2.27. The van der Waals surface area contributed by atoms with Gasteiger partial charge in [-0.05, 0) is 50.4 Å². The molecular formula is C23H28N6O4S2. The summed E-state index contributed by atoms with van der Waals surface area (Å²) in [6.07, 6.45) is 0. The van der Waals surface area contributed by atoms with Crippen LogP contribution in [0.15, 0.2) is 58.6 Å². The van der Waals surface area contributed by atoms with Crippen molar-refractivity contribution in [3.05, 3.63) is 48.5 Å². The van der Waals surface area contributed by atoms with Crippen LogP contribution in [0.1, 0.15) is 6.92 Å². The molecule has 2 heterocycles. The summed E-state index contributed by atoms with van der Waals surface area (Å²) in [5, 5.41) is 21.4. The summed E-state index contributed by atoms with van der Waals surface area (Å²) in [6.45, 7) is 4.91. The molecule has 0 saturated carbocycles. The second-order valence-corrected chi connectivity index (χ2v) is 11.0. The van der Waals surface area contributed by atoms with Crippen molar-refractivity contribution in [1.82, 2.24) is 24.0 Å². The summed E-state index contributed by atoms with van der Waals surface area (Å²) in [5.41, 5.74) is 1.26. The lowest BCUT2D eigenvalue weighted by molar-refractivity contribution is -0.113. The van der Waals surface area contributed by atoms with Gasteiger partial charge >= 0.3 is 0 Å². The number of carbonyl (C=O) groups excluding carboxylic acids is 1. The number of hydrogen-bond donors (Lipinski definition) is 2. The normalized spacial score (nSPS) is 15.3. The molecule has 1 aromatic heterocycles. The van der Waals surface area contributed by atoms with Crippen molar-refractivity contribution >= 4 is 33.4 Å². The maximum atomic E-state index is 13.0. The molecule has 1 fully saturated rings. The largest absolute Gasteiger partial charge is 0.508 e. The number of rotatable bonds is 8. The zero-order chi connectivity index (χ0) is 25.0. The summed E-state index contributed by atoms with van der Waals surface area (Å²) in [5.74, 6) is 0.571. The monoisotopic (exact) mass is 516 g/mol. The van der Waals surface area contributed by atoms with Crippen molar-refractivity contribution in [2.75, 3.05) is 44.3 Å². The first-order chi connectivity index (χ1) is 16.8. The summed E-state index contributed by atoms with van der Waals surface area (Å²) in [6, 6.07) is 13.0. The van der Waals surface area contributed by atoms with E-state index in [9.17, 15) is 18.3 Å². The molecule has 0 bridgehead atoms. The molecule has 35 heavy (non-hydrogen) atoms. The lowest BCUT2D eigenvalue weighted by Gasteiger charge is -2.31. The summed E-state index contributed by atoms with van der Waals surface area (Å²) >= 11 is 1.25. The van der Waals surface area contributed by atoms with Crippen LogP contribution in [0.2, 0.25) is 0 Å². The van der Waals surface area contributed by atoms with E-state index in [0.29, 0.717) is 49.4 Å². The SMILES string of the molecule is CCn1c(SCC(=O)Nc2cccc(O)c2)nnc1-c1ccc(S(=O)(=O)N2CCN(C)CC2)cc1. The molecule has 0 radical (unpaired) electrons. The van der Waals surface area contributed by atoms with Crippen molar-refractivity contribution in [3.8, 4) is 17.1 Å². The van der Waals surface area contributed by atoms with Crippen LogP contribution >= 0.6 is 11.8 Å². The van der Waals surface area contributed by atoms with Crippen LogP contribution in [-0.2, 0) is 21.4 Å². The molecule has 1 aliphatic rings.